The number of carbonyl (C=O) groups is 2. The number of rotatable bonds is 4. The Hall–Kier alpha value is -1.91. The van der Waals surface area contributed by atoms with Gasteiger partial charge in [0, 0.05) is 31.1 Å². The third-order valence-corrected chi connectivity index (χ3v) is 3.99. The lowest BCUT2D eigenvalue weighted by atomic mass is 9.97. The highest BCUT2D eigenvalue weighted by Crippen LogP contribution is 2.18. The van der Waals surface area contributed by atoms with Crippen LogP contribution < -0.4 is 5.32 Å². The summed E-state index contributed by atoms with van der Waals surface area (Å²) in [5.41, 5.74) is 0.508. The van der Waals surface area contributed by atoms with Crippen molar-refractivity contribution in [3.05, 3.63) is 35.6 Å². The molecule has 0 aliphatic carbocycles. The zero-order valence-electron chi connectivity index (χ0n) is 13.1. The smallest absolute Gasteiger partial charge is 0.253 e. The summed E-state index contributed by atoms with van der Waals surface area (Å²) in [4.78, 5) is 25.8. The van der Waals surface area contributed by atoms with E-state index in [0.717, 1.165) is 12.8 Å². The molecule has 4 nitrogen and oxygen atoms in total. The molecular formula is C17H23FN2O2. The largest absolute Gasteiger partial charge is 0.356 e. The van der Waals surface area contributed by atoms with Gasteiger partial charge in [0.2, 0.25) is 5.91 Å². The molecule has 1 N–H and O–H groups in total. The second-order valence-corrected chi connectivity index (χ2v) is 6.17. The molecule has 1 aliphatic rings. The van der Waals surface area contributed by atoms with Crippen molar-refractivity contribution in [2.75, 3.05) is 19.6 Å². The third kappa shape index (κ3) is 4.29. The van der Waals surface area contributed by atoms with Crippen molar-refractivity contribution in [1.29, 1.82) is 0 Å². The van der Waals surface area contributed by atoms with Gasteiger partial charge in [-0.2, -0.15) is 0 Å². The molecule has 120 valence electrons. The predicted octanol–water partition coefficient (Wildman–Crippen LogP) is 2.45. The second kappa shape index (κ2) is 7.38. The zero-order valence-corrected chi connectivity index (χ0v) is 13.1. The highest BCUT2D eigenvalue weighted by Gasteiger charge is 2.25. The van der Waals surface area contributed by atoms with Gasteiger partial charge in [-0.05, 0) is 43.0 Å². The van der Waals surface area contributed by atoms with E-state index in [9.17, 15) is 14.0 Å². The van der Waals surface area contributed by atoms with E-state index in [1.807, 2.05) is 13.8 Å². The first-order valence-electron chi connectivity index (χ1n) is 7.80. The van der Waals surface area contributed by atoms with Gasteiger partial charge in [-0.15, -0.1) is 0 Å². The summed E-state index contributed by atoms with van der Waals surface area (Å²) in [6.07, 6.45) is 1.93. The van der Waals surface area contributed by atoms with E-state index in [-0.39, 0.29) is 29.5 Å². The molecule has 0 radical (unpaired) electrons. The van der Waals surface area contributed by atoms with Crippen molar-refractivity contribution in [2.24, 2.45) is 11.8 Å². The Balaban J connectivity index is 1.91. The Morgan fingerprint density at radius 2 is 2.00 bits per heavy atom. The molecule has 1 aromatic carbocycles. The molecule has 2 rings (SSSR count). The molecule has 22 heavy (non-hydrogen) atoms. The number of amides is 2. The van der Waals surface area contributed by atoms with Crippen molar-refractivity contribution in [3.8, 4) is 0 Å². The van der Waals surface area contributed by atoms with Crippen LogP contribution in [0.1, 0.15) is 37.0 Å². The van der Waals surface area contributed by atoms with Crippen LogP contribution in [0.4, 0.5) is 4.39 Å². The van der Waals surface area contributed by atoms with Gasteiger partial charge in [-0.1, -0.05) is 13.8 Å². The first-order valence-corrected chi connectivity index (χ1v) is 7.80. The van der Waals surface area contributed by atoms with Crippen LogP contribution in [0.2, 0.25) is 0 Å². The molecule has 2 amide bonds. The van der Waals surface area contributed by atoms with E-state index < -0.39 is 0 Å². The van der Waals surface area contributed by atoms with Crippen LogP contribution in [-0.2, 0) is 4.79 Å². The molecule has 0 spiro atoms. The standard InChI is InChI=1S/C17H23FN2O2/c1-12(2)16(21)19-10-13-4-3-9-20(11-13)17(22)14-5-7-15(18)8-6-14/h5-8,12-13H,3-4,9-11H2,1-2H3,(H,19,21)/t13-/m0/s1. The Labute approximate surface area is 130 Å². The zero-order chi connectivity index (χ0) is 16.1. The van der Waals surface area contributed by atoms with Gasteiger partial charge in [0.25, 0.3) is 5.91 Å². The van der Waals surface area contributed by atoms with Gasteiger partial charge in [0.1, 0.15) is 5.82 Å². The van der Waals surface area contributed by atoms with Crippen molar-refractivity contribution in [3.63, 3.8) is 0 Å². The summed E-state index contributed by atoms with van der Waals surface area (Å²) in [5, 5.41) is 2.93. The van der Waals surface area contributed by atoms with Gasteiger partial charge >= 0.3 is 0 Å². The Bertz CT molecular complexity index is 528. The number of nitrogens with one attached hydrogen (secondary N) is 1. The average molecular weight is 306 g/mol. The van der Waals surface area contributed by atoms with Crippen LogP contribution >= 0.6 is 0 Å². The fourth-order valence-corrected chi connectivity index (χ4v) is 2.64. The maximum absolute atomic E-state index is 12.9. The summed E-state index contributed by atoms with van der Waals surface area (Å²) in [6, 6.07) is 5.64. The molecule has 1 aliphatic heterocycles. The molecule has 1 saturated heterocycles. The van der Waals surface area contributed by atoms with Crippen molar-refractivity contribution in [2.45, 2.75) is 26.7 Å². The van der Waals surface area contributed by atoms with Crippen LogP contribution in [0.5, 0.6) is 0 Å². The Morgan fingerprint density at radius 1 is 1.32 bits per heavy atom. The second-order valence-electron chi connectivity index (χ2n) is 6.17. The van der Waals surface area contributed by atoms with Crippen molar-refractivity contribution >= 4 is 11.8 Å². The molecule has 0 unspecified atom stereocenters. The molecule has 0 bridgehead atoms. The van der Waals surface area contributed by atoms with Crippen LogP contribution in [0.3, 0.4) is 0 Å². The van der Waals surface area contributed by atoms with Gasteiger partial charge in [-0.25, -0.2) is 4.39 Å². The van der Waals surface area contributed by atoms with Crippen LogP contribution in [0.15, 0.2) is 24.3 Å². The highest BCUT2D eigenvalue weighted by atomic mass is 19.1. The van der Waals surface area contributed by atoms with E-state index in [4.69, 9.17) is 0 Å². The SMILES string of the molecule is CC(C)C(=O)NC[C@@H]1CCCN(C(=O)c2ccc(F)cc2)C1. The summed E-state index contributed by atoms with van der Waals surface area (Å²) in [6.45, 7) is 5.67. The van der Waals surface area contributed by atoms with E-state index in [2.05, 4.69) is 5.32 Å². The van der Waals surface area contributed by atoms with Crippen LogP contribution in [0.25, 0.3) is 0 Å². The normalized spacial score (nSPS) is 18.4. The fourth-order valence-electron chi connectivity index (χ4n) is 2.64. The summed E-state index contributed by atoms with van der Waals surface area (Å²) in [5.74, 6) is -0.118. The molecule has 0 aromatic heterocycles. The Morgan fingerprint density at radius 3 is 2.64 bits per heavy atom. The van der Waals surface area contributed by atoms with Crippen molar-refractivity contribution in [1.82, 2.24) is 10.2 Å². The number of halogens is 1. The predicted molar refractivity (Wildman–Crippen MR) is 82.9 cm³/mol. The number of hydrogen-bond donors (Lipinski definition) is 1. The number of benzene rings is 1. The molecule has 5 heteroatoms. The van der Waals surface area contributed by atoms with Gasteiger partial charge in [0.05, 0.1) is 0 Å². The van der Waals surface area contributed by atoms with E-state index in [1.165, 1.54) is 24.3 Å². The monoisotopic (exact) mass is 306 g/mol. The Kier molecular flexibility index (Phi) is 5.52. The lowest BCUT2D eigenvalue weighted by molar-refractivity contribution is -0.124. The maximum atomic E-state index is 12.9. The lowest BCUT2D eigenvalue weighted by Crippen LogP contribution is -2.44. The molecule has 0 saturated carbocycles. The summed E-state index contributed by atoms with van der Waals surface area (Å²) < 4.78 is 12.9. The number of nitrogens with zero attached hydrogens (tertiary/aromatic N) is 1. The number of piperidine rings is 1. The van der Waals surface area contributed by atoms with Crippen LogP contribution in [0, 0.1) is 17.7 Å². The van der Waals surface area contributed by atoms with Gasteiger partial charge in [-0.3, -0.25) is 9.59 Å². The molecule has 1 heterocycles. The van der Waals surface area contributed by atoms with E-state index in [1.54, 1.807) is 4.90 Å². The quantitative estimate of drug-likeness (QED) is 0.929. The number of likely N-dealkylation sites (tertiary alicyclic amines) is 1. The van der Waals surface area contributed by atoms with Gasteiger partial charge in [0.15, 0.2) is 0 Å². The van der Waals surface area contributed by atoms with E-state index in [0.29, 0.717) is 25.2 Å². The lowest BCUT2D eigenvalue weighted by Gasteiger charge is -2.33. The minimum atomic E-state index is -0.343. The third-order valence-electron chi connectivity index (χ3n) is 3.99. The highest BCUT2D eigenvalue weighted by molar-refractivity contribution is 5.94. The fraction of sp³-hybridized carbons (Fsp3) is 0.529. The minimum Gasteiger partial charge on any atom is -0.356 e. The van der Waals surface area contributed by atoms with E-state index >= 15 is 0 Å². The topological polar surface area (TPSA) is 49.4 Å². The number of carbonyl (C=O) groups excluding carboxylic acids is 2. The first-order chi connectivity index (χ1) is 10.5. The van der Waals surface area contributed by atoms with Crippen LogP contribution in [-0.4, -0.2) is 36.3 Å². The average Bonchev–Trinajstić information content (AvgIpc) is 2.52. The minimum absolute atomic E-state index is 0.0273. The van der Waals surface area contributed by atoms with Gasteiger partial charge < -0.3 is 10.2 Å². The van der Waals surface area contributed by atoms with Crippen molar-refractivity contribution < 1.29 is 14.0 Å². The maximum Gasteiger partial charge on any atom is 0.253 e. The molecule has 1 fully saturated rings. The summed E-state index contributed by atoms with van der Waals surface area (Å²) in [7, 11) is 0. The first kappa shape index (κ1) is 16.5. The number of hydrogen-bond acceptors (Lipinski definition) is 2. The molecular weight excluding hydrogens is 283 g/mol. The molecule has 1 aromatic rings. The summed E-state index contributed by atoms with van der Waals surface area (Å²) >= 11 is 0. The molecule has 1 atom stereocenters.